The smallest absolute Gasteiger partial charge is 0.233 e. The van der Waals surface area contributed by atoms with Crippen LogP contribution in [-0.2, 0) is 19.7 Å². The molecule has 0 saturated heterocycles. The molecule has 1 aromatic heterocycles. The Bertz CT molecular complexity index is 1200. The van der Waals surface area contributed by atoms with E-state index in [1.807, 2.05) is 0 Å². The van der Waals surface area contributed by atoms with Crippen LogP contribution in [0.15, 0.2) is 57.8 Å². The van der Waals surface area contributed by atoms with Crippen LogP contribution in [0.2, 0.25) is 0 Å². The summed E-state index contributed by atoms with van der Waals surface area (Å²) in [7, 11) is -7.89. The van der Waals surface area contributed by atoms with Gasteiger partial charge in [0.2, 0.25) is 14.2 Å². The first-order valence-electron chi connectivity index (χ1n) is 7.48. The lowest BCUT2D eigenvalue weighted by Gasteiger charge is -2.08. The Balaban J connectivity index is 2.35. The quantitative estimate of drug-likeness (QED) is 0.617. The highest BCUT2D eigenvalue weighted by Crippen LogP contribution is 2.40. The second-order valence-corrected chi connectivity index (χ2v) is 10.7. The molecule has 0 aliphatic heterocycles. The Morgan fingerprint density at radius 1 is 1.00 bits per heavy atom. The minimum absolute atomic E-state index is 0.0390. The molecule has 0 bridgehead atoms. The van der Waals surface area contributed by atoms with Crippen molar-refractivity contribution in [1.82, 2.24) is 4.98 Å². The molecular formula is C17H13F2NO4S3. The van der Waals surface area contributed by atoms with Crippen LogP contribution >= 0.6 is 11.3 Å². The summed E-state index contributed by atoms with van der Waals surface area (Å²) >= 11 is 0.708. The molecule has 3 rings (SSSR count). The molecule has 0 atom stereocenters. The van der Waals surface area contributed by atoms with Gasteiger partial charge in [-0.3, -0.25) is 0 Å². The van der Waals surface area contributed by atoms with Gasteiger partial charge in [-0.05, 0) is 23.8 Å². The van der Waals surface area contributed by atoms with Crippen molar-refractivity contribution >= 4 is 31.0 Å². The van der Waals surface area contributed by atoms with Gasteiger partial charge in [0.15, 0.2) is 15.8 Å². The fraction of sp³-hybridized carbons (Fsp3) is 0.118. The first-order valence-corrected chi connectivity index (χ1v) is 11.8. The number of aromatic nitrogens is 1. The van der Waals surface area contributed by atoms with Crippen LogP contribution < -0.4 is 0 Å². The molecule has 0 aliphatic rings. The Morgan fingerprint density at radius 3 is 2.22 bits per heavy atom. The largest absolute Gasteiger partial charge is 0.234 e. The van der Waals surface area contributed by atoms with Crippen molar-refractivity contribution in [3.05, 3.63) is 54.3 Å². The molecule has 0 aliphatic carbocycles. The molecule has 0 radical (unpaired) electrons. The fourth-order valence-electron chi connectivity index (χ4n) is 2.45. The zero-order valence-corrected chi connectivity index (χ0v) is 16.3. The number of sulfone groups is 2. The van der Waals surface area contributed by atoms with Crippen LogP contribution in [-0.4, -0.2) is 34.1 Å². The first kappa shape index (κ1) is 19.6. The van der Waals surface area contributed by atoms with E-state index in [2.05, 4.69) is 4.98 Å². The standard InChI is InChI=1S/C17H13F2NO4S3/c1-26(21,22)14-5-3-2-4-13(14)15-16(11-6-8-12(19)9-7-11)25-17(20-15)27(23,24)10-18/h2-9H,10H2,1H3. The van der Waals surface area contributed by atoms with Crippen LogP contribution in [0.3, 0.4) is 0 Å². The number of nitrogens with zero attached hydrogens (tertiary/aromatic N) is 1. The Labute approximate surface area is 159 Å². The van der Waals surface area contributed by atoms with Crippen molar-refractivity contribution in [1.29, 1.82) is 0 Å². The molecule has 0 unspecified atom stereocenters. The molecule has 142 valence electrons. The highest BCUT2D eigenvalue weighted by atomic mass is 32.2. The molecule has 0 saturated carbocycles. The molecule has 10 heteroatoms. The molecule has 5 nitrogen and oxygen atoms in total. The average Bonchev–Trinajstić information content (AvgIpc) is 3.08. The normalized spacial score (nSPS) is 12.3. The molecule has 0 N–H and O–H groups in total. The summed E-state index contributed by atoms with van der Waals surface area (Å²) in [5.41, 5.74) is 0.711. The lowest BCUT2D eigenvalue weighted by Crippen LogP contribution is -2.03. The van der Waals surface area contributed by atoms with Crippen LogP contribution in [0.5, 0.6) is 0 Å². The van der Waals surface area contributed by atoms with Gasteiger partial charge in [-0.1, -0.05) is 30.3 Å². The number of benzene rings is 2. The molecule has 0 spiro atoms. The van der Waals surface area contributed by atoms with Gasteiger partial charge in [0.25, 0.3) is 0 Å². The lowest BCUT2D eigenvalue weighted by atomic mass is 10.1. The van der Waals surface area contributed by atoms with Gasteiger partial charge >= 0.3 is 0 Å². The fourth-order valence-corrected chi connectivity index (χ4v) is 5.37. The molecule has 3 aromatic rings. The van der Waals surface area contributed by atoms with E-state index in [9.17, 15) is 25.6 Å². The molecule has 0 fully saturated rings. The third kappa shape index (κ3) is 3.92. The summed E-state index contributed by atoms with van der Waals surface area (Å²) in [4.78, 5) is 4.29. The second kappa shape index (κ2) is 7.10. The zero-order valence-electron chi connectivity index (χ0n) is 13.9. The Morgan fingerprint density at radius 2 is 1.63 bits per heavy atom. The van der Waals surface area contributed by atoms with Crippen LogP contribution in [0.25, 0.3) is 21.7 Å². The molecular weight excluding hydrogens is 416 g/mol. The van der Waals surface area contributed by atoms with Gasteiger partial charge in [-0.25, -0.2) is 30.6 Å². The van der Waals surface area contributed by atoms with E-state index in [0.717, 1.165) is 6.26 Å². The van der Waals surface area contributed by atoms with E-state index >= 15 is 0 Å². The zero-order chi connectivity index (χ0) is 19.8. The number of hydrogen-bond donors (Lipinski definition) is 0. The van der Waals surface area contributed by atoms with Crippen molar-refractivity contribution in [2.24, 2.45) is 0 Å². The van der Waals surface area contributed by atoms with Crippen LogP contribution in [0, 0.1) is 5.82 Å². The minimum atomic E-state index is -4.26. The van der Waals surface area contributed by atoms with E-state index in [4.69, 9.17) is 0 Å². The minimum Gasteiger partial charge on any atom is -0.233 e. The molecule has 27 heavy (non-hydrogen) atoms. The van der Waals surface area contributed by atoms with Gasteiger partial charge in [0, 0.05) is 11.8 Å². The number of rotatable bonds is 5. The predicted octanol–water partition coefficient (Wildman–Crippen LogP) is 3.72. The topological polar surface area (TPSA) is 81.2 Å². The monoisotopic (exact) mass is 429 g/mol. The van der Waals surface area contributed by atoms with Crippen molar-refractivity contribution in [2.45, 2.75) is 9.24 Å². The summed E-state index contributed by atoms with van der Waals surface area (Å²) in [6.45, 7) is 0. The van der Waals surface area contributed by atoms with E-state index < -0.39 is 35.8 Å². The van der Waals surface area contributed by atoms with Crippen molar-refractivity contribution in [2.75, 3.05) is 12.3 Å². The molecule has 1 heterocycles. The number of thiazole rings is 1. The lowest BCUT2D eigenvalue weighted by molar-refractivity contribution is 0.534. The highest BCUT2D eigenvalue weighted by molar-refractivity contribution is 7.93. The van der Waals surface area contributed by atoms with Crippen molar-refractivity contribution in [3.63, 3.8) is 0 Å². The van der Waals surface area contributed by atoms with E-state index in [-0.39, 0.29) is 16.2 Å². The van der Waals surface area contributed by atoms with Gasteiger partial charge in [0.05, 0.1) is 15.5 Å². The van der Waals surface area contributed by atoms with Crippen molar-refractivity contribution in [3.8, 4) is 21.7 Å². The Hall–Kier alpha value is -2.17. The first-order chi connectivity index (χ1) is 12.6. The third-order valence-electron chi connectivity index (χ3n) is 3.67. The summed E-state index contributed by atoms with van der Waals surface area (Å²) < 4.78 is 73.9. The van der Waals surface area contributed by atoms with E-state index in [0.29, 0.717) is 21.8 Å². The van der Waals surface area contributed by atoms with Gasteiger partial charge in [-0.15, -0.1) is 11.3 Å². The molecule has 0 amide bonds. The average molecular weight is 429 g/mol. The highest BCUT2D eigenvalue weighted by Gasteiger charge is 2.26. The maximum absolute atomic E-state index is 13.3. The maximum atomic E-state index is 13.3. The summed E-state index contributed by atoms with van der Waals surface area (Å²) in [5.74, 6) is -0.488. The van der Waals surface area contributed by atoms with Crippen LogP contribution in [0.1, 0.15) is 0 Å². The van der Waals surface area contributed by atoms with Gasteiger partial charge < -0.3 is 0 Å². The number of hydrogen-bond acceptors (Lipinski definition) is 6. The predicted molar refractivity (Wildman–Crippen MR) is 99.2 cm³/mol. The summed E-state index contributed by atoms with van der Waals surface area (Å²) in [6, 6.07) is 9.56. The van der Waals surface area contributed by atoms with Gasteiger partial charge in [-0.2, -0.15) is 0 Å². The summed E-state index contributed by atoms with van der Waals surface area (Å²) in [5, 5.41) is 0. The number of halogens is 2. The molecule has 2 aromatic carbocycles. The maximum Gasteiger partial charge on any atom is 0.234 e. The van der Waals surface area contributed by atoms with Crippen LogP contribution in [0.4, 0.5) is 8.78 Å². The van der Waals surface area contributed by atoms with E-state index in [1.54, 1.807) is 6.07 Å². The van der Waals surface area contributed by atoms with Gasteiger partial charge in [0.1, 0.15) is 5.82 Å². The SMILES string of the molecule is CS(=O)(=O)c1ccccc1-c1nc(S(=O)(=O)CF)sc1-c1ccc(F)cc1. The second-order valence-electron chi connectivity index (χ2n) is 5.66. The third-order valence-corrected chi connectivity index (χ3v) is 7.64. The number of alkyl halides is 1. The Kier molecular flexibility index (Phi) is 5.15. The summed E-state index contributed by atoms with van der Waals surface area (Å²) in [6.07, 6.45) is 1.02. The van der Waals surface area contributed by atoms with E-state index in [1.165, 1.54) is 42.5 Å². The van der Waals surface area contributed by atoms with Crippen molar-refractivity contribution < 1.29 is 25.6 Å².